The molecule has 2 atom stereocenters. The number of aromatic nitrogens is 2. The van der Waals surface area contributed by atoms with Crippen molar-refractivity contribution in [2.45, 2.75) is 31.9 Å². The van der Waals surface area contributed by atoms with Crippen molar-refractivity contribution in [1.29, 1.82) is 0 Å². The fraction of sp³-hybridized carbons (Fsp3) is 0.600. The number of aliphatic hydroxyl groups excluding tert-OH is 1. The zero-order valence-electron chi connectivity index (χ0n) is 8.60. The molecule has 0 saturated carbocycles. The Balaban J connectivity index is 2.22. The number of hydrogen-bond donors (Lipinski definition) is 1. The molecule has 5 heteroatoms. The van der Waals surface area contributed by atoms with Crippen LogP contribution < -0.4 is 4.90 Å². The lowest BCUT2D eigenvalue weighted by Crippen LogP contribution is -2.37. The molecule has 1 aromatic heterocycles. The predicted octanol–water partition coefficient (Wildman–Crippen LogP) is 1.48. The van der Waals surface area contributed by atoms with Crippen LogP contribution in [0, 0.1) is 0 Å². The van der Waals surface area contributed by atoms with Gasteiger partial charge in [0.1, 0.15) is 17.3 Å². The first-order valence-corrected chi connectivity index (χ1v) is 5.48. The Labute approximate surface area is 93.9 Å². The van der Waals surface area contributed by atoms with Gasteiger partial charge in [0.05, 0.1) is 12.1 Å². The SMILES string of the molecule is C[C@@H](O)[C@H]1CCCN1c1cc(Cl)ncn1. The second-order valence-corrected chi connectivity index (χ2v) is 4.23. The molecule has 82 valence electrons. The summed E-state index contributed by atoms with van der Waals surface area (Å²) in [6.07, 6.45) is 3.19. The van der Waals surface area contributed by atoms with Gasteiger partial charge in [0, 0.05) is 12.6 Å². The Morgan fingerprint density at radius 2 is 2.40 bits per heavy atom. The molecule has 0 spiro atoms. The second kappa shape index (κ2) is 4.33. The van der Waals surface area contributed by atoms with E-state index in [0.717, 1.165) is 25.2 Å². The van der Waals surface area contributed by atoms with E-state index in [2.05, 4.69) is 14.9 Å². The standard InChI is InChI=1S/C10H14ClN3O/c1-7(15)8-3-2-4-14(8)10-5-9(11)12-6-13-10/h5-8,15H,2-4H2,1H3/t7-,8-/m1/s1. The van der Waals surface area contributed by atoms with Crippen LogP contribution in [0.1, 0.15) is 19.8 Å². The first kappa shape index (κ1) is 10.6. The van der Waals surface area contributed by atoms with Crippen molar-refractivity contribution < 1.29 is 5.11 Å². The Bertz CT molecular complexity index is 345. The van der Waals surface area contributed by atoms with E-state index in [0.29, 0.717) is 5.15 Å². The molecular formula is C10H14ClN3O. The molecule has 0 bridgehead atoms. The summed E-state index contributed by atoms with van der Waals surface area (Å²) in [7, 11) is 0. The average Bonchev–Trinajstić information content (AvgIpc) is 2.65. The molecule has 1 fully saturated rings. The number of aliphatic hydroxyl groups is 1. The van der Waals surface area contributed by atoms with Gasteiger partial charge in [0.2, 0.25) is 0 Å². The minimum atomic E-state index is -0.346. The molecule has 0 unspecified atom stereocenters. The van der Waals surface area contributed by atoms with E-state index in [-0.39, 0.29) is 12.1 Å². The highest BCUT2D eigenvalue weighted by Gasteiger charge is 2.29. The number of hydrogen-bond acceptors (Lipinski definition) is 4. The van der Waals surface area contributed by atoms with Crippen LogP contribution in [0.3, 0.4) is 0 Å². The molecule has 15 heavy (non-hydrogen) atoms. The molecule has 1 aliphatic rings. The zero-order chi connectivity index (χ0) is 10.8. The highest BCUT2D eigenvalue weighted by molar-refractivity contribution is 6.29. The molecule has 2 heterocycles. The molecule has 1 aliphatic heterocycles. The second-order valence-electron chi connectivity index (χ2n) is 3.84. The molecule has 4 nitrogen and oxygen atoms in total. The van der Waals surface area contributed by atoms with E-state index >= 15 is 0 Å². The van der Waals surface area contributed by atoms with Crippen LogP contribution in [0.5, 0.6) is 0 Å². The third-order valence-electron chi connectivity index (χ3n) is 2.77. The van der Waals surface area contributed by atoms with Crippen LogP contribution >= 0.6 is 11.6 Å². The molecule has 1 aromatic rings. The lowest BCUT2D eigenvalue weighted by atomic mass is 10.1. The highest BCUT2D eigenvalue weighted by atomic mass is 35.5. The molecule has 0 radical (unpaired) electrons. The Kier molecular flexibility index (Phi) is 3.07. The van der Waals surface area contributed by atoms with Crippen molar-refractivity contribution in [3.63, 3.8) is 0 Å². The van der Waals surface area contributed by atoms with Gasteiger partial charge in [-0.15, -0.1) is 0 Å². The van der Waals surface area contributed by atoms with Crippen LogP contribution in [-0.4, -0.2) is 33.8 Å². The van der Waals surface area contributed by atoms with Crippen molar-refractivity contribution in [3.8, 4) is 0 Å². The summed E-state index contributed by atoms with van der Waals surface area (Å²) >= 11 is 5.81. The van der Waals surface area contributed by atoms with Crippen LogP contribution in [0.25, 0.3) is 0 Å². The quantitative estimate of drug-likeness (QED) is 0.778. The normalized spacial score (nSPS) is 23.1. The number of rotatable bonds is 2. The molecule has 0 aliphatic carbocycles. The first-order chi connectivity index (χ1) is 7.18. The van der Waals surface area contributed by atoms with Crippen molar-refractivity contribution in [3.05, 3.63) is 17.5 Å². The predicted molar refractivity (Wildman–Crippen MR) is 59.1 cm³/mol. The van der Waals surface area contributed by atoms with E-state index < -0.39 is 0 Å². The fourth-order valence-electron chi connectivity index (χ4n) is 2.06. The lowest BCUT2D eigenvalue weighted by molar-refractivity contribution is 0.164. The minimum absolute atomic E-state index is 0.149. The smallest absolute Gasteiger partial charge is 0.134 e. The Hall–Kier alpha value is -0.870. The monoisotopic (exact) mass is 227 g/mol. The highest BCUT2D eigenvalue weighted by Crippen LogP contribution is 2.26. The minimum Gasteiger partial charge on any atom is -0.391 e. The van der Waals surface area contributed by atoms with Gasteiger partial charge in [-0.3, -0.25) is 0 Å². The zero-order valence-corrected chi connectivity index (χ0v) is 9.35. The summed E-state index contributed by atoms with van der Waals surface area (Å²) in [5.41, 5.74) is 0. The molecule has 0 aromatic carbocycles. The van der Waals surface area contributed by atoms with E-state index in [9.17, 15) is 5.11 Å². The van der Waals surface area contributed by atoms with Crippen molar-refractivity contribution in [2.24, 2.45) is 0 Å². The van der Waals surface area contributed by atoms with Gasteiger partial charge >= 0.3 is 0 Å². The number of halogens is 1. The third-order valence-corrected chi connectivity index (χ3v) is 2.98. The van der Waals surface area contributed by atoms with Gasteiger partial charge in [-0.25, -0.2) is 9.97 Å². The summed E-state index contributed by atoms with van der Waals surface area (Å²) in [4.78, 5) is 10.1. The van der Waals surface area contributed by atoms with E-state index in [1.807, 2.05) is 6.92 Å². The maximum atomic E-state index is 9.64. The van der Waals surface area contributed by atoms with Crippen LogP contribution in [-0.2, 0) is 0 Å². The van der Waals surface area contributed by atoms with Crippen LogP contribution in [0.2, 0.25) is 5.15 Å². The summed E-state index contributed by atoms with van der Waals surface area (Å²) in [6.45, 7) is 2.73. The molecular weight excluding hydrogens is 214 g/mol. The molecule has 2 rings (SSSR count). The summed E-state index contributed by atoms with van der Waals surface area (Å²) in [6, 6.07) is 1.89. The summed E-state index contributed by atoms with van der Waals surface area (Å²) in [5, 5.41) is 10.1. The van der Waals surface area contributed by atoms with Gasteiger partial charge < -0.3 is 10.0 Å². The van der Waals surface area contributed by atoms with Crippen LogP contribution in [0.15, 0.2) is 12.4 Å². The van der Waals surface area contributed by atoms with Gasteiger partial charge in [0.15, 0.2) is 0 Å². The Morgan fingerprint density at radius 1 is 1.60 bits per heavy atom. The molecule has 1 saturated heterocycles. The fourth-order valence-corrected chi connectivity index (χ4v) is 2.20. The van der Waals surface area contributed by atoms with Crippen molar-refractivity contribution in [1.82, 2.24) is 9.97 Å². The van der Waals surface area contributed by atoms with E-state index in [1.54, 1.807) is 6.07 Å². The van der Waals surface area contributed by atoms with Crippen molar-refractivity contribution in [2.75, 3.05) is 11.4 Å². The molecule has 0 amide bonds. The van der Waals surface area contributed by atoms with Crippen LogP contribution in [0.4, 0.5) is 5.82 Å². The maximum Gasteiger partial charge on any atom is 0.134 e. The van der Waals surface area contributed by atoms with E-state index in [1.165, 1.54) is 6.33 Å². The summed E-state index contributed by atoms with van der Waals surface area (Å²) < 4.78 is 0. The van der Waals surface area contributed by atoms with Gasteiger partial charge in [-0.1, -0.05) is 11.6 Å². The third kappa shape index (κ3) is 2.21. The Morgan fingerprint density at radius 3 is 3.07 bits per heavy atom. The summed E-state index contributed by atoms with van der Waals surface area (Å²) in [5.74, 6) is 0.804. The van der Waals surface area contributed by atoms with Crippen molar-refractivity contribution >= 4 is 17.4 Å². The lowest BCUT2D eigenvalue weighted by Gasteiger charge is -2.27. The average molecular weight is 228 g/mol. The maximum absolute atomic E-state index is 9.64. The first-order valence-electron chi connectivity index (χ1n) is 5.11. The topological polar surface area (TPSA) is 49.2 Å². The van der Waals surface area contributed by atoms with E-state index in [4.69, 9.17) is 11.6 Å². The van der Waals surface area contributed by atoms with Gasteiger partial charge in [-0.05, 0) is 19.8 Å². The van der Waals surface area contributed by atoms with Gasteiger partial charge in [-0.2, -0.15) is 0 Å². The number of nitrogens with zero attached hydrogens (tertiary/aromatic N) is 3. The van der Waals surface area contributed by atoms with Gasteiger partial charge in [0.25, 0.3) is 0 Å². The largest absolute Gasteiger partial charge is 0.391 e. The molecule has 1 N–H and O–H groups in total. The number of anilines is 1.